The normalized spacial score (nSPS) is 17.4. The van der Waals surface area contributed by atoms with Gasteiger partial charge in [-0.1, -0.05) is 6.92 Å². The van der Waals surface area contributed by atoms with E-state index in [1.165, 1.54) is 18.2 Å². The molecule has 0 spiro atoms. The van der Waals surface area contributed by atoms with Gasteiger partial charge in [0.25, 0.3) is 11.6 Å². The zero-order chi connectivity index (χ0) is 17.7. The SMILES string of the molecule is CCCNC(=O)C1CCCN(c2ccc([N+](=O)[O-])cc2C(N)=O)C1. The second kappa shape index (κ2) is 7.76. The van der Waals surface area contributed by atoms with E-state index in [0.717, 1.165) is 19.3 Å². The molecule has 1 aliphatic heterocycles. The molecule has 1 aromatic carbocycles. The van der Waals surface area contributed by atoms with Gasteiger partial charge in [-0.05, 0) is 25.3 Å². The Balaban J connectivity index is 2.22. The topological polar surface area (TPSA) is 119 Å². The summed E-state index contributed by atoms with van der Waals surface area (Å²) in [7, 11) is 0. The first-order valence-electron chi connectivity index (χ1n) is 8.05. The third-order valence-electron chi connectivity index (χ3n) is 4.14. The monoisotopic (exact) mass is 334 g/mol. The van der Waals surface area contributed by atoms with Crippen molar-refractivity contribution in [3.05, 3.63) is 33.9 Å². The summed E-state index contributed by atoms with van der Waals surface area (Å²) in [4.78, 5) is 36.1. The van der Waals surface area contributed by atoms with E-state index >= 15 is 0 Å². The Labute approximate surface area is 140 Å². The van der Waals surface area contributed by atoms with Crippen molar-refractivity contribution >= 4 is 23.2 Å². The van der Waals surface area contributed by atoms with Gasteiger partial charge in [0.05, 0.1) is 22.1 Å². The summed E-state index contributed by atoms with van der Waals surface area (Å²) in [5, 5.41) is 13.8. The minimum absolute atomic E-state index is 0.00378. The highest BCUT2D eigenvalue weighted by Gasteiger charge is 2.28. The summed E-state index contributed by atoms with van der Waals surface area (Å²) in [5.41, 5.74) is 5.86. The summed E-state index contributed by atoms with van der Waals surface area (Å²) >= 11 is 0. The van der Waals surface area contributed by atoms with Crippen LogP contribution in [-0.4, -0.2) is 36.4 Å². The number of piperidine rings is 1. The predicted octanol–water partition coefficient (Wildman–Crippen LogP) is 1.44. The minimum atomic E-state index is -0.716. The number of hydrogen-bond donors (Lipinski definition) is 2. The fourth-order valence-electron chi connectivity index (χ4n) is 2.91. The number of carbonyl (C=O) groups is 2. The Morgan fingerprint density at radius 2 is 2.21 bits per heavy atom. The number of nitrogens with zero attached hydrogens (tertiary/aromatic N) is 2. The summed E-state index contributed by atoms with van der Waals surface area (Å²) < 4.78 is 0. The standard InChI is InChI=1S/C16H22N4O4/c1-2-7-18-16(22)11-4-3-8-19(10-11)14-6-5-12(20(23)24)9-13(14)15(17)21/h5-6,9,11H,2-4,7-8,10H2,1H3,(H2,17,21)(H,18,22). The highest BCUT2D eigenvalue weighted by Crippen LogP contribution is 2.29. The number of primary amides is 1. The number of amides is 2. The molecule has 1 unspecified atom stereocenters. The molecule has 130 valence electrons. The van der Waals surface area contributed by atoms with Crippen LogP contribution in [0.3, 0.4) is 0 Å². The van der Waals surface area contributed by atoms with Crippen molar-refractivity contribution in [3.8, 4) is 0 Å². The molecular formula is C16H22N4O4. The summed E-state index contributed by atoms with van der Waals surface area (Å²) in [6.45, 7) is 3.77. The molecule has 0 saturated carbocycles. The molecule has 1 aliphatic rings. The van der Waals surface area contributed by atoms with E-state index in [4.69, 9.17) is 5.73 Å². The number of non-ortho nitro benzene ring substituents is 1. The average molecular weight is 334 g/mol. The summed E-state index contributed by atoms with van der Waals surface area (Å²) in [6, 6.07) is 4.07. The quantitative estimate of drug-likeness (QED) is 0.602. The Bertz CT molecular complexity index is 647. The highest BCUT2D eigenvalue weighted by molar-refractivity contribution is 5.99. The van der Waals surface area contributed by atoms with Crippen molar-refractivity contribution in [1.29, 1.82) is 0 Å². The third-order valence-corrected chi connectivity index (χ3v) is 4.14. The van der Waals surface area contributed by atoms with Crippen molar-refractivity contribution in [2.75, 3.05) is 24.5 Å². The molecule has 2 rings (SSSR count). The van der Waals surface area contributed by atoms with Crippen LogP contribution in [0.5, 0.6) is 0 Å². The molecular weight excluding hydrogens is 312 g/mol. The van der Waals surface area contributed by atoms with Gasteiger partial charge in [-0.3, -0.25) is 19.7 Å². The minimum Gasteiger partial charge on any atom is -0.370 e. The summed E-state index contributed by atoms with van der Waals surface area (Å²) in [5.74, 6) is -0.878. The number of nitrogens with two attached hydrogens (primary N) is 1. The lowest BCUT2D eigenvalue weighted by Crippen LogP contribution is -2.43. The molecule has 0 aromatic heterocycles. The zero-order valence-electron chi connectivity index (χ0n) is 13.7. The van der Waals surface area contributed by atoms with Crippen LogP contribution >= 0.6 is 0 Å². The van der Waals surface area contributed by atoms with Gasteiger partial charge in [0, 0.05) is 31.8 Å². The van der Waals surface area contributed by atoms with Crippen LogP contribution in [-0.2, 0) is 4.79 Å². The largest absolute Gasteiger partial charge is 0.370 e. The molecule has 3 N–H and O–H groups in total. The lowest BCUT2D eigenvalue weighted by Gasteiger charge is -2.34. The third kappa shape index (κ3) is 4.01. The van der Waals surface area contributed by atoms with E-state index in [1.807, 2.05) is 11.8 Å². The molecule has 1 saturated heterocycles. The first kappa shape index (κ1) is 17.7. The molecule has 0 aliphatic carbocycles. The van der Waals surface area contributed by atoms with Crippen LogP contribution in [0.1, 0.15) is 36.5 Å². The Morgan fingerprint density at radius 3 is 2.83 bits per heavy atom. The Morgan fingerprint density at radius 1 is 1.46 bits per heavy atom. The van der Waals surface area contributed by atoms with Gasteiger partial charge in [0.1, 0.15) is 0 Å². The molecule has 0 bridgehead atoms. The first-order valence-corrected chi connectivity index (χ1v) is 8.05. The molecule has 1 heterocycles. The molecule has 2 amide bonds. The molecule has 8 nitrogen and oxygen atoms in total. The van der Waals surface area contributed by atoms with Gasteiger partial charge in [0.15, 0.2) is 0 Å². The number of nitro benzene ring substituents is 1. The zero-order valence-corrected chi connectivity index (χ0v) is 13.7. The smallest absolute Gasteiger partial charge is 0.270 e. The molecule has 1 fully saturated rings. The van der Waals surface area contributed by atoms with Gasteiger partial charge in [0.2, 0.25) is 5.91 Å². The van der Waals surface area contributed by atoms with E-state index in [1.54, 1.807) is 0 Å². The van der Waals surface area contributed by atoms with Gasteiger partial charge < -0.3 is 16.0 Å². The maximum Gasteiger partial charge on any atom is 0.270 e. The van der Waals surface area contributed by atoms with E-state index in [0.29, 0.717) is 25.3 Å². The second-order valence-corrected chi connectivity index (χ2v) is 5.90. The second-order valence-electron chi connectivity index (χ2n) is 5.90. The van der Waals surface area contributed by atoms with Crippen LogP contribution < -0.4 is 16.0 Å². The van der Waals surface area contributed by atoms with Crippen molar-refractivity contribution < 1.29 is 14.5 Å². The van der Waals surface area contributed by atoms with E-state index in [2.05, 4.69) is 5.32 Å². The number of nitrogens with one attached hydrogen (secondary N) is 1. The number of nitro groups is 1. The van der Waals surface area contributed by atoms with Gasteiger partial charge in [-0.15, -0.1) is 0 Å². The van der Waals surface area contributed by atoms with E-state index < -0.39 is 10.8 Å². The van der Waals surface area contributed by atoms with Crippen LogP contribution in [0.4, 0.5) is 11.4 Å². The highest BCUT2D eigenvalue weighted by atomic mass is 16.6. The predicted molar refractivity (Wildman–Crippen MR) is 89.9 cm³/mol. The van der Waals surface area contributed by atoms with Crippen molar-refractivity contribution in [1.82, 2.24) is 5.32 Å². The fraction of sp³-hybridized carbons (Fsp3) is 0.500. The van der Waals surface area contributed by atoms with Gasteiger partial charge >= 0.3 is 0 Å². The first-order chi connectivity index (χ1) is 11.4. The Kier molecular flexibility index (Phi) is 5.73. The number of carbonyl (C=O) groups excluding carboxylic acids is 2. The van der Waals surface area contributed by atoms with Gasteiger partial charge in [-0.2, -0.15) is 0 Å². The molecule has 1 atom stereocenters. The molecule has 24 heavy (non-hydrogen) atoms. The van der Waals surface area contributed by atoms with Crippen molar-refractivity contribution in [2.24, 2.45) is 11.7 Å². The van der Waals surface area contributed by atoms with Crippen LogP contribution in [0, 0.1) is 16.0 Å². The number of rotatable bonds is 6. The van der Waals surface area contributed by atoms with E-state index in [9.17, 15) is 19.7 Å². The molecule has 8 heteroatoms. The van der Waals surface area contributed by atoms with Crippen LogP contribution in [0.15, 0.2) is 18.2 Å². The summed E-state index contributed by atoms with van der Waals surface area (Å²) in [6.07, 6.45) is 2.46. The maximum atomic E-state index is 12.2. The maximum absolute atomic E-state index is 12.2. The number of anilines is 1. The van der Waals surface area contributed by atoms with Gasteiger partial charge in [-0.25, -0.2) is 0 Å². The van der Waals surface area contributed by atoms with Crippen molar-refractivity contribution in [3.63, 3.8) is 0 Å². The number of hydrogen-bond acceptors (Lipinski definition) is 5. The average Bonchev–Trinajstić information content (AvgIpc) is 2.59. The molecule has 0 radical (unpaired) electrons. The lowest BCUT2D eigenvalue weighted by molar-refractivity contribution is -0.384. The van der Waals surface area contributed by atoms with Crippen LogP contribution in [0.2, 0.25) is 0 Å². The van der Waals surface area contributed by atoms with E-state index in [-0.39, 0.29) is 23.1 Å². The van der Waals surface area contributed by atoms with Crippen LogP contribution in [0.25, 0.3) is 0 Å². The Hall–Kier alpha value is -2.64. The van der Waals surface area contributed by atoms with Crippen molar-refractivity contribution in [2.45, 2.75) is 26.2 Å². The lowest BCUT2D eigenvalue weighted by atomic mass is 9.95. The molecule has 1 aromatic rings. The fourth-order valence-corrected chi connectivity index (χ4v) is 2.91. The number of benzene rings is 1.